The van der Waals surface area contributed by atoms with Crippen molar-refractivity contribution in [3.8, 4) is 6.07 Å². The van der Waals surface area contributed by atoms with Crippen molar-refractivity contribution in [3.63, 3.8) is 0 Å². The van der Waals surface area contributed by atoms with E-state index in [0.717, 1.165) is 30.4 Å². The van der Waals surface area contributed by atoms with Crippen molar-refractivity contribution in [2.24, 2.45) is 5.92 Å². The average molecular weight is 752 g/mol. The first-order valence-electron chi connectivity index (χ1n) is 16.2. The van der Waals surface area contributed by atoms with Gasteiger partial charge < -0.3 is 16.0 Å². The predicted molar refractivity (Wildman–Crippen MR) is 207 cm³/mol. The molecular formula is C40H32Cl2N4O3S2. The van der Waals surface area contributed by atoms with Gasteiger partial charge >= 0.3 is 0 Å². The summed E-state index contributed by atoms with van der Waals surface area (Å²) in [7, 11) is 0. The van der Waals surface area contributed by atoms with E-state index in [1.807, 2.05) is 36.4 Å². The van der Waals surface area contributed by atoms with Gasteiger partial charge in [0.2, 0.25) is 5.91 Å². The molecule has 2 atom stereocenters. The zero-order valence-corrected chi connectivity index (χ0v) is 30.6. The number of benzene rings is 4. The Hall–Kier alpha value is -4.85. The van der Waals surface area contributed by atoms with Crippen LogP contribution < -0.4 is 16.0 Å². The number of nitrogens with one attached hydrogen (secondary N) is 3. The summed E-state index contributed by atoms with van der Waals surface area (Å²) in [5.74, 6) is -0.782. The van der Waals surface area contributed by atoms with Crippen LogP contribution in [0.2, 0.25) is 10.0 Å². The molecule has 6 rings (SSSR count). The minimum Gasteiger partial charge on any atom is -0.321 e. The molecule has 0 aliphatic heterocycles. The molecule has 1 aliphatic rings. The Morgan fingerprint density at radius 3 is 2.41 bits per heavy atom. The number of fused-ring (bicyclic) bond motifs is 1. The Balaban J connectivity index is 1.25. The summed E-state index contributed by atoms with van der Waals surface area (Å²) in [5, 5.41) is 19.1. The van der Waals surface area contributed by atoms with E-state index in [4.69, 9.17) is 23.2 Å². The highest BCUT2D eigenvalue weighted by atomic mass is 35.5. The molecule has 256 valence electrons. The average Bonchev–Trinajstić information content (AvgIpc) is 3.48. The molecule has 1 aromatic heterocycles. The van der Waals surface area contributed by atoms with Gasteiger partial charge in [-0.2, -0.15) is 5.26 Å². The summed E-state index contributed by atoms with van der Waals surface area (Å²) in [6, 6.07) is 32.4. The first kappa shape index (κ1) is 36.0. The number of hydrogen-bond donors (Lipinski definition) is 3. The van der Waals surface area contributed by atoms with Crippen LogP contribution in [0.25, 0.3) is 6.08 Å². The van der Waals surface area contributed by atoms with Gasteiger partial charge in [0, 0.05) is 21.0 Å². The van der Waals surface area contributed by atoms with Gasteiger partial charge in [0.1, 0.15) is 22.0 Å². The maximum atomic E-state index is 14.0. The second-order valence-corrected chi connectivity index (χ2v) is 15.1. The van der Waals surface area contributed by atoms with Gasteiger partial charge in [-0.1, -0.05) is 96.9 Å². The van der Waals surface area contributed by atoms with E-state index in [1.165, 1.54) is 34.1 Å². The summed E-state index contributed by atoms with van der Waals surface area (Å²) < 4.78 is 0. The number of nitriles is 1. The Bertz CT molecular complexity index is 2160. The number of anilines is 2. The molecule has 3 amide bonds. The van der Waals surface area contributed by atoms with Crippen LogP contribution in [0, 0.1) is 17.2 Å². The molecule has 0 saturated carbocycles. The van der Waals surface area contributed by atoms with Crippen LogP contribution in [0.15, 0.2) is 114 Å². The number of halogens is 2. The normalized spacial score (nSPS) is 14.5. The van der Waals surface area contributed by atoms with Gasteiger partial charge in [-0.25, -0.2) is 0 Å². The third-order valence-electron chi connectivity index (χ3n) is 8.36. The third kappa shape index (κ3) is 8.73. The van der Waals surface area contributed by atoms with Crippen molar-refractivity contribution in [1.29, 1.82) is 5.26 Å². The lowest BCUT2D eigenvalue weighted by atomic mass is 9.88. The fourth-order valence-corrected chi connectivity index (χ4v) is 8.56. The lowest BCUT2D eigenvalue weighted by Crippen LogP contribution is -2.30. The van der Waals surface area contributed by atoms with Crippen molar-refractivity contribution < 1.29 is 14.4 Å². The van der Waals surface area contributed by atoms with E-state index in [-0.39, 0.29) is 16.6 Å². The largest absolute Gasteiger partial charge is 0.321 e. The first-order chi connectivity index (χ1) is 24.7. The van der Waals surface area contributed by atoms with E-state index in [1.54, 1.807) is 66.7 Å². The van der Waals surface area contributed by atoms with E-state index >= 15 is 0 Å². The SMILES string of the molecule is CC1CCc2c(sc(NC(=O)C(Sc3cccc(NC(=O)/C(=C\c4cccc(Cl)c4Cl)NC(=O)c4ccccc4)c3)c3ccccc3)c2C#N)C1. The maximum Gasteiger partial charge on any atom is 0.272 e. The standard InChI is InChI=1S/C40H32Cl2N4O3S2/c1-24-18-19-30-31(23-43)40(51-34(30)20-24)46-39(49)36(25-10-4-2-5-11-25)50-29-16-9-15-28(22-29)44-38(48)33(21-27-14-8-17-32(41)35(27)42)45-37(47)26-12-6-3-7-13-26/h2-17,21-22,24,36H,18-20H2,1H3,(H,44,48)(H,45,47)(H,46,49)/b33-21+. The highest BCUT2D eigenvalue weighted by Gasteiger charge is 2.28. The van der Waals surface area contributed by atoms with Gasteiger partial charge in [-0.3, -0.25) is 14.4 Å². The van der Waals surface area contributed by atoms with Crippen LogP contribution in [-0.2, 0) is 22.4 Å². The molecule has 0 fully saturated rings. The minimum atomic E-state index is -0.660. The molecule has 0 radical (unpaired) electrons. The smallest absolute Gasteiger partial charge is 0.272 e. The van der Waals surface area contributed by atoms with Crippen LogP contribution >= 0.6 is 46.3 Å². The fourth-order valence-electron chi connectivity index (χ4n) is 5.75. The summed E-state index contributed by atoms with van der Waals surface area (Å²) in [5.41, 5.74) is 3.61. The molecule has 4 aromatic carbocycles. The first-order valence-corrected chi connectivity index (χ1v) is 18.7. The second kappa shape index (κ2) is 16.4. The van der Waals surface area contributed by atoms with Gasteiger partial charge in [-0.15, -0.1) is 23.1 Å². The molecule has 3 N–H and O–H groups in total. The molecule has 5 aromatic rings. The molecule has 1 heterocycles. The Morgan fingerprint density at radius 2 is 1.67 bits per heavy atom. The molecular weight excluding hydrogens is 720 g/mol. The van der Waals surface area contributed by atoms with Gasteiger partial charge in [0.15, 0.2) is 0 Å². The van der Waals surface area contributed by atoms with Crippen LogP contribution in [0.5, 0.6) is 0 Å². The van der Waals surface area contributed by atoms with Crippen molar-refractivity contribution in [2.45, 2.75) is 36.3 Å². The summed E-state index contributed by atoms with van der Waals surface area (Å²) in [4.78, 5) is 42.7. The van der Waals surface area contributed by atoms with Crippen molar-refractivity contribution in [3.05, 3.63) is 152 Å². The van der Waals surface area contributed by atoms with Crippen LogP contribution in [0.3, 0.4) is 0 Å². The van der Waals surface area contributed by atoms with Gasteiger partial charge in [0.05, 0.1) is 15.6 Å². The Kier molecular flexibility index (Phi) is 11.6. The molecule has 51 heavy (non-hydrogen) atoms. The number of carbonyl (C=O) groups excluding carboxylic acids is 3. The van der Waals surface area contributed by atoms with E-state index < -0.39 is 17.1 Å². The molecule has 0 saturated heterocycles. The number of amides is 3. The van der Waals surface area contributed by atoms with E-state index in [0.29, 0.717) is 43.2 Å². The quantitative estimate of drug-likeness (QED) is 0.0972. The lowest BCUT2D eigenvalue weighted by Gasteiger charge is -2.18. The fraction of sp³-hybridized carbons (Fsp3) is 0.150. The number of nitrogens with zero attached hydrogens (tertiary/aromatic N) is 1. The lowest BCUT2D eigenvalue weighted by molar-refractivity contribution is -0.116. The number of rotatable bonds is 10. The molecule has 0 spiro atoms. The minimum absolute atomic E-state index is 0.0473. The molecule has 11 heteroatoms. The molecule has 0 bridgehead atoms. The van der Waals surface area contributed by atoms with Gasteiger partial charge in [-0.05, 0) is 84.3 Å². The van der Waals surface area contributed by atoms with Crippen LogP contribution in [0.1, 0.15) is 56.1 Å². The number of carbonyl (C=O) groups is 3. The highest BCUT2D eigenvalue weighted by molar-refractivity contribution is 8.00. The zero-order chi connectivity index (χ0) is 35.9. The topological polar surface area (TPSA) is 111 Å². The summed E-state index contributed by atoms with van der Waals surface area (Å²) >= 11 is 15.5. The molecule has 7 nitrogen and oxygen atoms in total. The third-order valence-corrected chi connectivity index (χ3v) is 11.6. The predicted octanol–water partition coefficient (Wildman–Crippen LogP) is 9.93. The second-order valence-electron chi connectivity index (χ2n) is 12.1. The number of thioether (sulfide) groups is 1. The summed E-state index contributed by atoms with van der Waals surface area (Å²) in [6.07, 6.45) is 4.22. The van der Waals surface area contributed by atoms with E-state index in [9.17, 15) is 19.6 Å². The summed E-state index contributed by atoms with van der Waals surface area (Å²) in [6.45, 7) is 2.21. The van der Waals surface area contributed by atoms with Crippen LogP contribution in [0.4, 0.5) is 10.7 Å². The Morgan fingerprint density at radius 1 is 0.941 bits per heavy atom. The zero-order valence-electron chi connectivity index (χ0n) is 27.4. The molecule has 1 aliphatic carbocycles. The van der Waals surface area contributed by atoms with Crippen molar-refractivity contribution in [1.82, 2.24) is 5.32 Å². The van der Waals surface area contributed by atoms with Gasteiger partial charge in [0.25, 0.3) is 11.8 Å². The highest BCUT2D eigenvalue weighted by Crippen LogP contribution is 2.42. The number of hydrogen-bond acceptors (Lipinski definition) is 6. The molecule has 2 unspecified atom stereocenters. The maximum absolute atomic E-state index is 14.0. The Labute approximate surface area is 314 Å². The van der Waals surface area contributed by atoms with Crippen molar-refractivity contribution in [2.75, 3.05) is 10.6 Å². The number of thiophene rings is 1. The van der Waals surface area contributed by atoms with Crippen molar-refractivity contribution >= 4 is 80.8 Å². The monoisotopic (exact) mass is 750 g/mol. The van der Waals surface area contributed by atoms with Crippen LogP contribution in [-0.4, -0.2) is 17.7 Å². The van der Waals surface area contributed by atoms with E-state index in [2.05, 4.69) is 28.9 Å².